The molecular formula is C14H18BrNO. The van der Waals surface area contributed by atoms with Gasteiger partial charge in [-0.3, -0.25) is 9.78 Å². The van der Waals surface area contributed by atoms with Crippen LogP contribution in [0.3, 0.4) is 0 Å². The van der Waals surface area contributed by atoms with Crippen molar-refractivity contribution in [3.8, 4) is 0 Å². The quantitative estimate of drug-likeness (QED) is 0.781. The van der Waals surface area contributed by atoms with Crippen LogP contribution in [0.2, 0.25) is 0 Å². The number of halogens is 1. The third kappa shape index (κ3) is 3.15. The van der Waals surface area contributed by atoms with Gasteiger partial charge in [-0.05, 0) is 46.8 Å². The predicted molar refractivity (Wildman–Crippen MR) is 72.0 cm³/mol. The van der Waals surface area contributed by atoms with Crippen LogP contribution in [0.25, 0.3) is 0 Å². The molecule has 0 bridgehead atoms. The van der Waals surface area contributed by atoms with E-state index in [2.05, 4.69) is 27.8 Å². The van der Waals surface area contributed by atoms with E-state index >= 15 is 0 Å². The first-order valence-electron chi connectivity index (χ1n) is 6.36. The fourth-order valence-corrected chi connectivity index (χ4v) is 2.87. The summed E-state index contributed by atoms with van der Waals surface area (Å²) in [7, 11) is 0. The van der Waals surface area contributed by atoms with Crippen molar-refractivity contribution < 1.29 is 4.79 Å². The number of hydrogen-bond donors (Lipinski definition) is 0. The largest absolute Gasteiger partial charge is 0.292 e. The van der Waals surface area contributed by atoms with Crippen molar-refractivity contribution in [1.29, 1.82) is 0 Å². The molecule has 0 spiro atoms. The molecular weight excluding hydrogens is 278 g/mol. The van der Waals surface area contributed by atoms with Gasteiger partial charge in [-0.25, -0.2) is 0 Å². The van der Waals surface area contributed by atoms with Crippen molar-refractivity contribution in [3.63, 3.8) is 0 Å². The fraction of sp³-hybridized carbons (Fsp3) is 0.571. The number of aromatic nitrogens is 1. The molecule has 2 rings (SSSR count). The van der Waals surface area contributed by atoms with Gasteiger partial charge in [0.25, 0.3) is 0 Å². The number of nitrogens with zero attached hydrogens (tertiary/aromatic N) is 1. The predicted octanol–water partition coefficient (Wildman–Crippen LogP) is 4.24. The third-order valence-corrected chi connectivity index (χ3v) is 4.18. The van der Waals surface area contributed by atoms with E-state index < -0.39 is 0 Å². The average Bonchev–Trinajstić information content (AvgIpc) is 2.39. The summed E-state index contributed by atoms with van der Waals surface area (Å²) in [4.78, 5) is 16.5. The molecule has 1 aliphatic carbocycles. The standard InChI is InChI=1S/C14H18BrNO/c1-2-10-4-3-5-11(8-10)14(17)13-7-6-12(15)9-16-13/h6-7,9-11H,2-5,8H2,1H3. The van der Waals surface area contributed by atoms with Crippen LogP contribution in [0, 0.1) is 11.8 Å². The molecule has 0 aliphatic heterocycles. The minimum atomic E-state index is 0.197. The summed E-state index contributed by atoms with van der Waals surface area (Å²) in [5, 5.41) is 0. The van der Waals surface area contributed by atoms with E-state index in [-0.39, 0.29) is 11.7 Å². The number of carbonyl (C=O) groups excluding carboxylic acids is 1. The molecule has 17 heavy (non-hydrogen) atoms. The fourth-order valence-electron chi connectivity index (χ4n) is 2.63. The molecule has 0 amide bonds. The second-order valence-electron chi connectivity index (χ2n) is 4.86. The number of rotatable bonds is 3. The molecule has 0 saturated heterocycles. The van der Waals surface area contributed by atoms with Gasteiger partial charge in [0, 0.05) is 16.6 Å². The van der Waals surface area contributed by atoms with Crippen molar-refractivity contribution in [2.75, 3.05) is 0 Å². The van der Waals surface area contributed by atoms with Gasteiger partial charge in [0.05, 0.1) is 0 Å². The van der Waals surface area contributed by atoms with Crippen LogP contribution in [-0.4, -0.2) is 10.8 Å². The van der Waals surface area contributed by atoms with Crippen LogP contribution >= 0.6 is 15.9 Å². The number of carbonyl (C=O) groups is 1. The number of hydrogen-bond acceptors (Lipinski definition) is 2. The Kier molecular flexibility index (Phi) is 4.32. The molecule has 2 nitrogen and oxygen atoms in total. The molecule has 2 unspecified atom stereocenters. The van der Waals surface area contributed by atoms with Gasteiger partial charge in [-0.15, -0.1) is 0 Å². The Morgan fingerprint density at radius 2 is 2.29 bits per heavy atom. The Labute approximate surface area is 111 Å². The minimum Gasteiger partial charge on any atom is -0.292 e. The first-order valence-corrected chi connectivity index (χ1v) is 7.15. The van der Waals surface area contributed by atoms with Gasteiger partial charge in [0.1, 0.15) is 5.69 Å². The highest BCUT2D eigenvalue weighted by Gasteiger charge is 2.27. The topological polar surface area (TPSA) is 30.0 Å². The number of pyridine rings is 1. The van der Waals surface area contributed by atoms with E-state index in [4.69, 9.17) is 0 Å². The second-order valence-corrected chi connectivity index (χ2v) is 5.78. The zero-order valence-electron chi connectivity index (χ0n) is 10.2. The molecule has 1 aromatic heterocycles. The Bertz CT molecular complexity index is 388. The van der Waals surface area contributed by atoms with Gasteiger partial charge in [-0.2, -0.15) is 0 Å². The maximum atomic E-state index is 12.3. The molecule has 0 radical (unpaired) electrons. The van der Waals surface area contributed by atoms with Gasteiger partial charge in [0.15, 0.2) is 5.78 Å². The maximum Gasteiger partial charge on any atom is 0.184 e. The Morgan fingerprint density at radius 3 is 2.94 bits per heavy atom. The molecule has 3 heteroatoms. The van der Waals surface area contributed by atoms with Crippen LogP contribution in [-0.2, 0) is 0 Å². The Balaban J connectivity index is 2.06. The molecule has 1 aliphatic rings. The normalized spacial score (nSPS) is 24.6. The molecule has 1 fully saturated rings. The lowest BCUT2D eigenvalue weighted by Gasteiger charge is -2.27. The van der Waals surface area contributed by atoms with E-state index in [1.54, 1.807) is 6.20 Å². The van der Waals surface area contributed by atoms with Crippen LogP contribution in [0.1, 0.15) is 49.5 Å². The van der Waals surface area contributed by atoms with Gasteiger partial charge in [-0.1, -0.05) is 26.2 Å². The van der Waals surface area contributed by atoms with E-state index in [9.17, 15) is 4.79 Å². The summed E-state index contributed by atoms with van der Waals surface area (Å²) in [5.41, 5.74) is 0.620. The van der Waals surface area contributed by atoms with Gasteiger partial charge >= 0.3 is 0 Å². The van der Waals surface area contributed by atoms with Crippen LogP contribution in [0.15, 0.2) is 22.8 Å². The molecule has 2 atom stereocenters. The highest BCUT2D eigenvalue weighted by molar-refractivity contribution is 9.10. The lowest BCUT2D eigenvalue weighted by Crippen LogP contribution is -2.23. The Hall–Kier alpha value is -0.700. The highest BCUT2D eigenvalue weighted by Crippen LogP contribution is 2.32. The van der Waals surface area contributed by atoms with Gasteiger partial charge in [0.2, 0.25) is 0 Å². The van der Waals surface area contributed by atoms with Crippen molar-refractivity contribution >= 4 is 21.7 Å². The summed E-state index contributed by atoms with van der Waals surface area (Å²) in [6.07, 6.45) is 7.45. The van der Waals surface area contributed by atoms with Crippen molar-refractivity contribution in [3.05, 3.63) is 28.5 Å². The smallest absolute Gasteiger partial charge is 0.184 e. The van der Waals surface area contributed by atoms with Crippen LogP contribution in [0.5, 0.6) is 0 Å². The average molecular weight is 296 g/mol. The summed E-state index contributed by atoms with van der Waals surface area (Å²) >= 11 is 3.34. The summed E-state index contributed by atoms with van der Waals surface area (Å²) in [6.45, 7) is 2.22. The summed E-state index contributed by atoms with van der Waals surface area (Å²) in [6, 6.07) is 3.71. The van der Waals surface area contributed by atoms with E-state index in [0.29, 0.717) is 5.69 Å². The van der Waals surface area contributed by atoms with E-state index in [1.807, 2.05) is 12.1 Å². The zero-order chi connectivity index (χ0) is 12.3. The van der Waals surface area contributed by atoms with Crippen LogP contribution < -0.4 is 0 Å². The molecule has 1 saturated carbocycles. The maximum absolute atomic E-state index is 12.3. The molecule has 0 N–H and O–H groups in total. The van der Waals surface area contributed by atoms with Crippen LogP contribution in [0.4, 0.5) is 0 Å². The highest BCUT2D eigenvalue weighted by atomic mass is 79.9. The second kappa shape index (κ2) is 5.76. The number of ketones is 1. The van der Waals surface area contributed by atoms with Crippen molar-refractivity contribution in [1.82, 2.24) is 4.98 Å². The molecule has 92 valence electrons. The SMILES string of the molecule is CCC1CCCC(C(=O)c2ccc(Br)cn2)C1. The third-order valence-electron chi connectivity index (χ3n) is 3.71. The van der Waals surface area contributed by atoms with Crippen molar-refractivity contribution in [2.24, 2.45) is 11.8 Å². The molecule has 1 aromatic rings. The van der Waals surface area contributed by atoms with E-state index in [0.717, 1.165) is 23.2 Å². The molecule has 1 heterocycles. The first-order chi connectivity index (χ1) is 8.20. The first kappa shape index (κ1) is 12.7. The minimum absolute atomic E-state index is 0.197. The number of Topliss-reactive ketones (excluding diaryl/α,β-unsaturated/α-hetero) is 1. The summed E-state index contributed by atoms with van der Waals surface area (Å²) in [5.74, 6) is 1.16. The molecule has 0 aromatic carbocycles. The van der Waals surface area contributed by atoms with E-state index in [1.165, 1.54) is 19.3 Å². The monoisotopic (exact) mass is 295 g/mol. The van der Waals surface area contributed by atoms with Gasteiger partial charge < -0.3 is 0 Å². The van der Waals surface area contributed by atoms with Crippen molar-refractivity contribution in [2.45, 2.75) is 39.0 Å². The Morgan fingerprint density at radius 1 is 1.47 bits per heavy atom. The lowest BCUT2D eigenvalue weighted by molar-refractivity contribution is 0.0856. The lowest BCUT2D eigenvalue weighted by atomic mass is 9.77. The zero-order valence-corrected chi connectivity index (χ0v) is 11.7. The summed E-state index contributed by atoms with van der Waals surface area (Å²) < 4.78 is 0.920.